The van der Waals surface area contributed by atoms with Gasteiger partial charge in [0.2, 0.25) is 0 Å². The van der Waals surface area contributed by atoms with Gasteiger partial charge in [-0.1, -0.05) is 63.7 Å². The summed E-state index contributed by atoms with van der Waals surface area (Å²) >= 11 is 23.8. The highest BCUT2D eigenvalue weighted by Gasteiger charge is 2.11. The normalized spacial score (nSPS) is 11.3. The van der Waals surface area contributed by atoms with Crippen LogP contribution in [0.3, 0.4) is 0 Å². The number of nitrogens with zero attached hydrogens (tertiary/aromatic N) is 1. The van der Waals surface area contributed by atoms with E-state index in [9.17, 15) is 4.79 Å². The minimum atomic E-state index is -0.670. The highest BCUT2D eigenvalue weighted by molar-refractivity contribution is 6.37. The van der Waals surface area contributed by atoms with Gasteiger partial charge in [0.25, 0.3) is 0 Å². The number of benzene rings is 3. The van der Waals surface area contributed by atoms with Crippen molar-refractivity contribution >= 4 is 58.2 Å². The molecule has 154 valence electrons. The van der Waals surface area contributed by atoms with Gasteiger partial charge >= 0.3 is 5.97 Å². The largest absolute Gasteiger partial charge is 0.487 e. The fourth-order valence-electron chi connectivity index (χ4n) is 2.38. The van der Waals surface area contributed by atoms with E-state index in [1.165, 1.54) is 6.07 Å². The number of carbonyl (C=O) groups excluding carboxylic acids is 1. The molecular formula is C21H14Cl4N2O3. The molecule has 0 saturated carbocycles. The molecule has 3 rings (SSSR count). The fraction of sp³-hybridized carbons (Fsp3) is 0.0476. The molecule has 0 aliphatic heterocycles. The van der Waals surface area contributed by atoms with Gasteiger partial charge in [0.1, 0.15) is 12.4 Å². The molecule has 0 amide bonds. The van der Waals surface area contributed by atoms with Gasteiger partial charge in [-0.25, -0.2) is 4.79 Å². The molecule has 2 N–H and O–H groups in total. The molecule has 0 bridgehead atoms. The summed E-state index contributed by atoms with van der Waals surface area (Å²) < 4.78 is 5.66. The van der Waals surface area contributed by atoms with Crippen LogP contribution in [0.15, 0.2) is 65.8 Å². The van der Waals surface area contributed by atoms with Crippen LogP contribution in [0.5, 0.6) is 5.75 Å². The van der Waals surface area contributed by atoms with Gasteiger partial charge in [0, 0.05) is 15.6 Å². The molecule has 0 heterocycles. The molecule has 0 atom stereocenters. The molecule has 9 heteroatoms. The van der Waals surface area contributed by atoms with Crippen LogP contribution in [0.1, 0.15) is 21.5 Å². The van der Waals surface area contributed by atoms with Crippen LogP contribution < -0.4 is 10.5 Å². The molecule has 0 saturated heterocycles. The highest BCUT2D eigenvalue weighted by atomic mass is 35.5. The second-order valence-corrected chi connectivity index (χ2v) is 7.73. The second-order valence-electron chi connectivity index (χ2n) is 6.04. The fourth-order valence-corrected chi connectivity index (χ4v) is 3.35. The molecule has 0 aliphatic rings. The van der Waals surface area contributed by atoms with Crippen LogP contribution in [0.25, 0.3) is 0 Å². The molecule has 5 nitrogen and oxygen atoms in total. The van der Waals surface area contributed by atoms with Gasteiger partial charge in [0.15, 0.2) is 5.84 Å². The molecular weight excluding hydrogens is 470 g/mol. The van der Waals surface area contributed by atoms with Crippen molar-refractivity contribution in [3.8, 4) is 5.75 Å². The summed E-state index contributed by atoms with van der Waals surface area (Å²) in [6.07, 6.45) is 0. The van der Waals surface area contributed by atoms with E-state index in [-0.39, 0.29) is 12.4 Å². The monoisotopic (exact) mass is 482 g/mol. The minimum absolute atomic E-state index is 0.0464. The maximum Gasteiger partial charge on any atom is 0.365 e. The number of oxime groups is 1. The maximum atomic E-state index is 12.2. The zero-order valence-corrected chi connectivity index (χ0v) is 18.3. The number of nitrogens with two attached hydrogens (primary N) is 1. The maximum absolute atomic E-state index is 12.2. The Hall–Kier alpha value is -2.44. The van der Waals surface area contributed by atoms with Crippen LogP contribution in [0.4, 0.5) is 0 Å². The molecule has 0 aliphatic carbocycles. The number of halogens is 4. The summed E-state index contributed by atoms with van der Waals surface area (Å²) in [5.41, 5.74) is 7.35. The summed E-state index contributed by atoms with van der Waals surface area (Å²) in [5.74, 6) is -0.207. The van der Waals surface area contributed by atoms with Gasteiger partial charge in [-0.05, 0) is 54.1 Å². The summed E-state index contributed by atoms with van der Waals surface area (Å²) in [7, 11) is 0. The third kappa shape index (κ3) is 5.80. The molecule has 0 fully saturated rings. The lowest BCUT2D eigenvalue weighted by Crippen LogP contribution is -2.15. The first-order valence-electron chi connectivity index (χ1n) is 8.50. The summed E-state index contributed by atoms with van der Waals surface area (Å²) in [4.78, 5) is 17.1. The van der Waals surface area contributed by atoms with E-state index >= 15 is 0 Å². The van der Waals surface area contributed by atoms with Crippen LogP contribution in [-0.2, 0) is 11.4 Å². The molecule has 0 radical (unpaired) electrons. The first-order chi connectivity index (χ1) is 14.3. The van der Waals surface area contributed by atoms with Crippen LogP contribution in [0.2, 0.25) is 20.1 Å². The summed E-state index contributed by atoms with van der Waals surface area (Å²) in [6.45, 7) is 0.261. The van der Waals surface area contributed by atoms with Gasteiger partial charge in [0.05, 0.1) is 15.6 Å². The Kier molecular flexibility index (Phi) is 7.45. The van der Waals surface area contributed by atoms with Gasteiger partial charge < -0.3 is 15.3 Å². The topological polar surface area (TPSA) is 73.9 Å². The molecule has 3 aromatic rings. The Bertz CT molecular complexity index is 1100. The second kappa shape index (κ2) is 10.0. The Labute approximate surface area is 192 Å². The number of hydrogen-bond acceptors (Lipinski definition) is 4. The molecule has 0 aromatic heterocycles. The van der Waals surface area contributed by atoms with Crippen molar-refractivity contribution in [3.63, 3.8) is 0 Å². The Balaban J connectivity index is 1.60. The van der Waals surface area contributed by atoms with Crippen LogP contribution in [0, 0.1) is 0 Å². The zero-order chi connectivity index (χ0) is 21.7. The lowest BCUT2D eigenvalue weighted by molar-refractivity contribution is 0.0516. The predicted octanol–water partition coefficient (Wildman–Crippen LogP) is 6.36. The van der Waals surface area contributed by atoms with E-state index in [0.717, 1.165) is 5.56 Å². The van der Waals surface area contributed by atoms with Crippen LogP contribution >= 0.6 is 46.4 Å². The quantitative estimate of drug-likeness (QED) is 0.191. The van der Waals surface area contributed by atoms with E-state index in [0.29, 0.717) is 37.0 Å². The minimum Gasteiger partial charge on any atom is -0.487 e. The van der Waals surface area contributed by atoms with Crippen molar-refractivity contribution in [2.45, 2.75) is 6.61 Å². The summed E-state index contributed by atoms with van der Waals surface area (Å²) in [6, 6.07) is 16.3. The Morgan fingerprint density at radius 2 is 1.50 bits per heavy atom. The Morgan fingerprint density at radius 3 is 2.13 bits per heavy atom. The van der Waals surface area contributed by atoms with E-state index in [2.05, 4.69) is 5.16 Å². The standard InChI is InChI=1S/C21H14Cl4N2O3/c22-14-5-7-16(17(24)9-14)20(26)27-30-21(28)13-3-1-12(2-4-13)11-29-19-8-6-15(23)10-18(19)25/h1-10H,11H2,(H2,26,27). The van der Waals surface area contributed by atoms with E-state index < -0.39 is 5.97 Å². The first kappa shape index (κ1) is 22.2. The van der Waals surface area contributed by atoms with Crippen molar-refractivity contribution in [1.82, 2.24) is 0 Å². The third-order valence-corrected chi connectivity index (χ3v) is 4.99. The van der Waals surface area contributed by atoms with Crippen molar-refractivity contribution in [2.75, 3.05) is 0 Å². The lowest BCUT2D eigenvalue weighted by Gasteiger charge is -2.08. The SMILES string of the molecule is N/C(=N\OC(=O)c1ccc(COc2ccc(Cl)cc2Cl)cc1)c1ccc(Cl)cc1Cl. The zero-order valence-electron chi connectivity index (χ0n) is 15.2. The number of carbonyl (C=O) groups is 1. The van der Waals surface area contributed by atoms with Crippen molar-refractivity contribution in [2.24, 2.45) is 10.9 Å². The van der Waals surface area contributed by atoms with Gasteiger partial charge in [-0.3, -0.25) is 0 Å². The predicted molar refractivity (Wildman–Crippen MR) is 120 cm³/mol. The average Bonchev–Trinajstić information content (AvgIpc) is 2.71. The molecule has 3 aromatic carbocycles. The lowest BCUT2D eigenvalue weighted by atomic mass is 10.1. The Morgan fingerprint density at radius 1 is 0.867 bits per heavy atom. The number of amidine groups is 1. The number of rotatable bonds is 6. The first-order valence-corrected chi connectivity index (χ1v) is 10.0. The van der Waals surface area contributed by atoms with Gasteiger partial charge in [-0.15, -0.1) is 0 Å². The molecule has 0 unspecified atom stereocenters. The third-order valence-electron chi connectivity index (χ3n) is 3.91. The summed E-state index contributed by atoms with van der Waals surface area (Å²) in [5, 5.41) is 5.34. The average molecular weight is 484 g/mol. The van der Waals surface area contributed by atoms with E-state index in [1.807, 2.05) is 0 Å². The van der Waals surface area contributed by atoms with Crippen molar-refractivity contribution < 1.29 is 14.4 Å². The van der Waals surface area contributed by atoms with Crippen LogP contribution in [-0.4, -0.2) is 11.8 Å². The highest BCUT2D eigenvalue weighted by Crippen LogP contribution is 2.28. The van der Waals surface area contributed by atoms with E-state index in [1.54, 1.807) is 54.6 Å². The van der Waals surface area contributed by atoms with Crippen molar-refractivity contribution in [3.05, 3.63) is 97.4 Å². The number of hydrogen-bond donors (Lipinski definition) is 1. The van der Waals surface area contributed by atoms with Gasteiger partial charge in [-0.2, -0.15) is 0 Å². The number of ether oxygens (including phenoxy) is 1. The molecule has 0 spiro atoms. The smallest absolute Gasteiger partial charge is 0.365 e. The van der Waals surface area contributed by atoms with E-state index in [4.69, 9.17) is 61.7 Å². The molecule has 30 heavy (non-hydrogen) atoms. The van der Waals surface area contributed by atoms with Crippen molar-refractivity contribution in [1.29, 1.82) is 0 Å².